The zero-order chi connectivity index (χ0) is 13.1. The lowest BCUT2D eigenvalue weighted by atomic mass is 9.81. The third kappa shape index (κ3) is 4.33. The molecular weight excluding hydrogens is 349 g/mol. The van der Waals surface area contributed by atoms with Crippen LogP contribution in [0.1, 0.15) is 43.7 Å². The number of benzene rings is 1. The molecule has 0 amide bonds. The van der Waals surface area contributed by atoms with Crippen molar-refractivity contribution in [1.29, 1.82) is 0 Å². The van der Waals surface area contributed by atoms with Gasteiger partial charge in [-0.25, -0.2) is 0 Å². The SMILES string of the molecule is Cl.N[C@@H](c1cc(Cl)ccc1Br)[C@H](O)C1CCCCC1. The van der Waals surface area contributed by atoms with Gasteiger partial charge in [-0.3, -0.25) is 0 Å². The normalized spacial score (nSPS) is 19.6. The molecule has 1 aliphatic rings. The Balaban J connectivity index is 0.00000180. The molecule has 0 saturated heterocycles. The molecule has 0 bridgehead atoms. The van der Waals surface area contributed by atoms with E-state index in [9.17, 15) is 5.11 Å². The summed E-state index contributed by atoms with van der Waals surface area (Å²) >= 11 is 9.47. The van der Waals surface area contributed by atoms with Crippen molar-refractivity contribution < 1.29 is 5.11 Å². The van der Waals surface area contributed by atoms with E-state index in [2.05, 4.69) is 15.9 Å². The zero-order valence-corrected chi connectivity index (χ0v) is 13.8. The Morgan fingerprint density at radius 2 is 1.89 bits per heavy atom. The second-order valence-electron chi connectivity index (χ2n) is 5.08. The summed E-state index contributed by atoms with van der Waals surface area (Å²) in [7, 11) is 0. The predicted octanol–water partition coefficient (Wildman–Crippen LogP) is 4.47. The van der Waals surface area contributed by atoms with Crippen LogP contribution >= 0.6 is 39.9 Å². The molecule has 0 heterocycles. The van der Waals surface area contributed by atoms with E-state index in [0.29, 0.717) is 10.9 Å². The van der Waals surface area contributed by atoms with Crippen LogP contribution in [0.15, 0.2) is 22.7 Å². The number of halogens is 3. The second kappa shape index (κ2) is 7.84. The first-order chi connectivity index (χ1) is 8.59. The molecule has 1 aliphatic carbocycles. The molecule has 0 aromatic heterocycles. The molecule has 3 N–H and O–H groups in total. The van der Waals surface area contributed by atoms with E-state index in [0.717, 1.165) is 22.9 Å². The van der Waals surface area contributed by atoms with E-state index < -0.39 is 6.10 Å². The van der Waals surface area contributed by atoms with Crippen molar-refractivity contribution in [1.82, 2.24) is 0 Å². The average Bonchev–Trinajstić information content (AvgIpc) is 2.41. The Labute approximate surface area is 134 Å². The van der Waals surface area contributed by atoms with Crippen LogP contribution in [0.25, 0.3) is 0 Å². The van der Waals surface area contributed by atoms with E-state index in [-0.39, 0.29) is 18.4 Å². The molecule has 1 saturated carbocycles. The van der Waals surface area contributed by atoms with Crippen molar-refractivity contribution in [2.24, 2.45) is 11.7 Å². The summed E-state index contributed by atoms with van der Waals surface area (Å²) in [6, 6.07) is 5.16. The van der Waals surface area contributed by atoms with Crippen LogP contribution in [-0.2, 0) is 0 Å². The van der Waals surface area contributed by atoms with E-state index in [1.54, 1.807) is 0 Å². The van der Waals surface area contributed by atoms with Crippen molar-refractivity contribution in [2.75, 3.05) is 0 Å². The topological polar surface area (TPSA) is 46.2 Å². The highest BCUT2D eigenvalue weighted by Crippen LogP contribution is 2.34. The fourth-order valence-corrected chi connectivity index (χ4v) is 3.41. The van der Waals surface area contributed by atoms with E-state index >= 15 is 0 Å². The summed E-state index contributed by atoms with van der Waals surface area (Å²) in [6.07, 6.45) is 5.34. The molecule has 2 atom stereocenters. The minimum Gasteiger partial charge on any atom is -0.391 e. The zero-order valence-electron chi connectivity index (χ0n) is 10.7. The molecule has 2 rings (SSSR count). The van der Waals surface area contributed by atoms with Crippen molar-refractivity contribution in [3.63, 3.8) is 0 Å². The van der Waals surface area contributed by atoms with Gasteiger partial charge in [0.05, 0.1) is 12.1 Å². The predicted molar refractivity (Wildman–Crippen MR) is 85.9 cm³/mol. The maximum Gasteiger partial charge on any atom is 0.0761 e. The smallest absolute Gasteiger partial charge is 0.0761 e. The molecule has 108 valence electrons. The third-order valence-corrected chi connectivity index (χ3v) is 4.78. The molecule has 19 heavy (non-hydrogen) atoms. The lowest BCUT2D eigenvalue weighted by molar-refractivity contribution is 0.0616. The van der Waals surface area contributed by atoms with Crippen LogP contribution in [0.3, 0.4) is 0 Å². The number of aliphatic hydroxyl groups excluding tert-OH is 1. The largest absolute Gasteiger partial charge is 0.391 e. The highest BCUT2D eigenvalue weighted by molar-refractivity contribution is 9.10. The minimum absolute atomic E-state index is 0. The van der Waals surface area contributed by atoms with E-state index in [1.165, 1.54) is 19.3 Å². The van der Waals surface area contributed by atoms with Crippen LogP contribution in [-0.4, -0.2) is 11.2 Å². The maximum atomic E-state index is 10.4. The number of hydrogen-bond acceptors (Lipinski definition) is 2. The number of hydrogen-bond donors (Lipinski definition) is 2. The molecule has 5 heteroatoms. The molecule has 0 aliphatic heterocycles. The van der Waals surface area contributed by atoms with Gasteiger partial charge < -0.3 is 10.8 Å². The number of nitrogens with two attached hydrogens (primary N) is 1. The molecular formula is C14H20BrCl2NO. The highest BCUT2D eigenvalue weighted by atomic mass is 79.9. The van der Waals surface area contributed by atoms with Crippen molar-refractivity contribution >= 4 is 39.9 Å². The summed E-state index contributed by atoms with van der Waals surface area (Å²) in [5.41, 5.74) is 7.09. The standard InChI is InChI=1S/C14H19BrClNO.ClH/c15-12-7-6-10(16)8-11(12)13(17)14(18)9-4-2-1-3-5-9;/h6-9,13-14,18H,1-5,17H2;1H/t13-,14+;/m0./s1. The number of aliphatic hydroxyl groups is 1. The van der Waals surface area contributed by atoms with Crippen molar-refractivity contribution in [3.8, 4) is 0 Å². The van der Waals surface area contributed by atoms with Gasteiger partial charge in [-0.05, 0) is 42.5 Å². The van der Waals surface area contributed by atoms with Gasteiger partial charge in [-0.2, -0.15) is 0 Å². The van der Waals surface area contributed by atoms with Gasteiger partial charge in [0.25, 0.3) is 0 Å². The summed E-state index contributed by atoms with van der Waals surface area (Å²) in [5, 5.41) is 11.1. The van der Waals surface area contributed by atoms with Gasteiger partial charge in [-0.15, -0.1) is 12.4 Å². The summed E-state index contributed by atoms with van der Waals surface area (Å²) in [4.78, 5) is 0. The van der Waals surface area contributed by atoms with Gasteiger partial charge >= 0.3 is 0 Å². The summed E-state index contributed by atoms with van der Waals surface area (Å²) < 4.78 is 0.911. The fraction of sp³-hybridized carbons (Fsp3) is 0.571. The lowest BCUT2D eigenvalue weighted by Crippen LogP contribution is -2.34. The molecule has 0 spiro atoms. The Kier molecular flexibility index (Phi) is 7.12. The van der Waals surface area contributed by atoms with Crippen LogP contribution < -0.4 is 5.73 Å². The monoisotopic (exact) mass is 367 g/mol. The molecule has 1 aromatic rings. The molecule has 1 aromatic carbocycles. The van der Waals surface area contributed by atoms with E-state index in [4.69, 9.17) is 17.3 Å². The van der Waals surface area contributed by atoms with Crippen molar-refractivity contribution in [3.05, 3.63) is 33.3 Å². The highest BCUT2D eigenvalue weighted by Gasteiger charge is 2.28. The van der Waals surface area contributed by atoms with Gasteiger partial charge in [0.15, 0.2) is 0 Å². The Morgan fingerprint density at radius 1 is 1.26 bits per heavy atom. The van der Waals surface area contributed by atoms with Gasteiger partial charge in [0, 0.05) is 9.50 Å². The van der Waals surface area contributed by atoms with E-state index in [1.807, 2.05) is 18.2 Å². The van der Waals surface area contributed by atoms with Gasteiger partial charge in [0.1, 0.15) is 0 Å². The number of rotatable bonds is 3. The maximum absolute atomic E-state index is 10.4. The fourth-order valence-electron chi connectivity index (χ4n) is 2.72. The van der Waals surface area contributed by atoms with Crippen LogP contribution in [0, 0.1) is 5.92 Å². The average molecular weight is 369 g/mol. The molecule has 2 nitrogen and oxygen atoms in total. The Bertz CT molecular complexity index is 410. The van der Waals surface area contributed by atoms with Crippen molar-refractivity contribution in [2.45, 2.75) is 44.2 Å². The molecule has 0 unspecified atom stereocenters. The Hall–Kier alpha value is 0.200. The second-order valence-corrected chi connectivity index (χ2v) is 6.37. The Morgan fingerprint density at radius 3 is 2.53 bits per heavy atom. The quantitative estimate of drug-likeness (QED) is 0.826. The van der Waals surface area contributed by atoms with Gasteiger partial charge in [0.2, 0.25) is 0 Å². The third-order valence-electron chi connectivity index (χ3n) is 3.82. The molecule has 1 fully saturated rings. The first-order valence-electron chi connectivity index (χ1n) is 6.48. The van der Waals surface area contributed by atoms with Gasteiger partial charge in [-0.1, -0.05) is 46.8 Å². The van der Waals surface area contributed by atoms with Crippen LogP contribution in [0.4, 0.5) is 0 Å². The lowest BCUT2D eigenvalue weighted by Gasteiger charge is -2.31. The first-order valence-corrected chi connectivity index (χ1v) is 7.65. The van der Waals surface area contributed by atoms with Crippen LogP contribution in [0.2, 0.25) is 5.02 Å². The summed E-state index contributed by atoms with van der Waals surface area (Å²) in [6.45, 7) is 0. The summed E-state index contributed by atoms with van der Waals surface area (Å²) in [5.74, 6) is 0.319. The first kappa shape index (κ1) is 17.3. The molecule has 0 radical (unpaired) electrons. The van der Waals surface area contributed by atoms with Crippen LogP contribution in [0.5, 0.6) is 0 Å². The minimum atomic E-state index is -0.486.